The Bertz CT molecular complexity index is 328. The molecule has 0 fully saturated rings. The van der Waals surface area contributed by atoms with E-state index in [4.69, 9.17) is 23.1 Å². The van der Waals surface area contributed by atoms with Crippen molar-refractivity contribution in [3.8, 4) is 0 Å². The predicted molar refractivity (Wildman–Crippen MR) is 70.2 cm³/mol. The molecule has 2 nitrogen and oxygen atoms in total. The Labute approximate surface area is 99.9 Å². The van der Waals surface area contributed by atoms with Gasteiger partial charge in [-0.1, -0.05) is 36.5 Å². The molecule has 0 unspecified atom stereocenters. The summed E-state index contributed by atoms with van der Waals surface area (Å²) in [5.41, 5.74) is 7.76. The first-order chi connectivity index (χ1) is 7.25. The Morgan fingerprint density at radius 1 is 1.40 bits per heavy atom. The Morgan fingerprint density at radius 3 is 2.80 bits per heavy atom. The van der Waals surface area contributed by atoms with Crippen LogP contribution in [0.5, 0.6) is 0 Å². The van der Waals surface area contributed by atoms with Gasteiger partial charge in [0.05, 0.1) is 0 Å². The van der Waals surface area contributed by atoms with Crippen molar-refractivity contribution in [2.45, 2.75) is 12.2 Å². The molecule has 0 saturated heterocycles. The third-order valence-corrected chi connectivity index (χ3v) is 3.30. The van der Waals surface area contributed by atoms with Gasteiger partial charge >= 0.3 is 0 Å². The maximum absolute atomic E-state index is 8.65. The third-order valence-electron chi connectivity index (χ3n) is 1.99. The van der Waals surface area contributed by atoms with E-state index in [2.05, 4.69) is 0 Å². The molecule has 0 aromatic heterocycles. The molecule has 15 heavy (non-hydrogen) atoms. The Hall–Kier alpha value is -0.580. The van der Waals surface area contributed by atoms with Crippen LogP contribution in [0.4, 0.5) is 0 Å². The monoisotopic (exact) mass is 241 g/mol. The van der Waals surface area contributed by atoms with Crippen LogP contribution >= 0.6 is 24.0 Å². The van der Waals surface area contributed by atoms with Gasteiger partial charge in [0, 0.05) is 17.9 Å². The maximum Gasteiger partial charge on any atom is 0.104 e. The number of rotatable bonds is 6. The van der Waals surface area contributed by atoms with E-state index >= 15 is 0 Å². The van der Waals surface area contributed by atoms with Crippen LogP contribution in [0.15, 0.2) is 24.3 Å². The number of benzene rings is 1. The summed E-state index contributed by atoms with van der Waals surface area (Å²) in [6.45, 7) is 0.254. The van der Waals surface area contributed by atoms with Gasteiger partial charge in [0.25, 0.3) is 0 Å². The lowest BCUT2D eigenvalue weighted by Crippen LogP contribution is -2.11. The lowest BCUT2D eigenvalue weighted by atomic mass is 10.1. The summed E-state index contributed by atoms with van der Waals surface area (Å²) in [5.74, 6) is 1.86. The average Bonchev–Trinajstić information content (AvgIpc) is 2.25. The topological polar surface area (TPSA) is 46.2 Å². The zero-order valence-corrected chi connectivity index (χ0v) is 10.1. The molecule has 0 bridgehead atoms. The highest BCUT2D eigenvalue weighted by atomic mass is 32.2. The summed E-state index contributed by atoms with van der Waals surface area (Å²) in [4.78, 5) is 0.452. The van der Waals surface area contributed by atoms with Crippen molar-refractivity contribution in [2.75, 3.05) is 12.4 Å². The predicted octanol–water partition coefficient (Wildman–Crippen LogP) is 1.94. The summed E-state index contributed by atoms with van der Waals surface area (Å²) in [5, 5.41) is 8.65. The van der Waals surface area contributed by atoms with Crippen LogP contribution in [0.2, 0.25) is 0 Å². The highest BCUT2D eigenvalue weighted by Crippen LogP contribution is 2.17. The Kier molecular flexibility index (Phi) is 5.68. The molecular formula is C11H15NOS2. The van der Waals surface area contributed by atoms with Gasteiger partial charge in [-0.15, -0.1) is 0 Å². The van der Waals surface area contributed by atoms with E-state index in [1.54, 1.807) is 11.8 Å². The van der Waals surface area contributed by atoms with Gasteiger partial charge in [-0.05, 0) is 17.7 Å². The van der Waals surface area contributed by atoms with Crippen LogP contribution < -0.4 is 5.73 Å². The molecule has 1 rings (SSSR count). The summed E-state index contributed by atoms with van der Waals surface area (Å²) in [6, 6.07) is 7.92. The minimum absolute atomic E-state index is 0.254. The van der Waals surface area contributed by atoms with E-state index in [-0.39, 0.29) is 6.61 Å². The second-order valence-electron chi connectivity index (χ2n) is 3.15. The van der Waals surface area contributed by atoms with Crippen LogP contribution in [0.3, 0.4) is 0 Å². The molecule has 1 aromatic carbocycles. The third kappa shape index (κ3) is 4.20. The zero-order chi connectivity index (χ0) is 11.1. The maximum atomic E-state index is 8.65. The SMILES string of the molecule is NC(=S)c1ccccc1CSCCCO. The molecule has 0 radical (unpaired) electrons. The molecule has 0 aliphatic rings. The summed E-state index contributed by atoms with van der Waals surface area (Å²) in [6.07, 6.45) is 0.833. The van der Waals surface area contributed by atoms with Gasteiger partial charge in [-0.2, -0.15) is 11.8 Å². The van der Waals surface area contributed by atoms with Crippen molar-refractivity contribution in [1.29, 1.82) is 0 Å². The van der Waals surface area contributed by atoms with Crippen LogP contribution in [-0.4, -0.2) is 22.5 Å². The minimum atomic E-state index is 0.254. The quantitative estimate of drug-likeness (QED) is 0.590. The fraction of sp³-hybridized carbons (Fsp3) is 0.364. The minimum Gasteiger partial charge on any atom is -0.396 e. The first-order valence-electron chi connectivity index (χ1n) is 4.82. The van der Waals surface area contributed by atoms with Crippen LogP contribution in [-0.2, 0) is 5.75 Å². The number of thiocarbonyl (C=S) groups is 1. The molecule has 0 aliphatic heterocycles. The van der Waals surface area contributed by atoms with E-state index in [0.29, 0.717) is 4.99 Å². The first-order valence-corrected chi connectivity index (χ1v) is 6.38. The molecule has 82 valence electrons. The molecule has 0 heterocycles. The highest BCUT2D eigenvalue weighted by molar-refractivity contribution is 7.98. The molecule has 0 amide bonds. The van der Waals surface area contributed by atoms with Crippen molar-refractivity contribution in [2.24, 2.45) is 5.73 Å². The Balaban J connectivity index is 2.56. The van der Waals surface area contributed by atoms with Crippen LogP contribution in [0.25, 0.3) is 0 Å². The van der Waals surface area contributed by atoms with Gasteiger partial charge in [0.2, 0.25) is 0 Å². The zero-order valence-electron chi connectivity index (χ0n) is 8.48. The molecule has 0 atom stereocenters. The summed E-state index contributed by atoms with van der Waals surface area (Å²) in [7, 11) is 0. The van der Waals surface area contributed by atoms with Gasteiger partial charge in [-0.25, -0.2) is 0 Å². The molecule has 0 spiro atoms. The molecule has 0 saturated carbocycles. The van der Waals surface area contributed by atoms with Crippen LogP contribution in [0.1, 0.15) is 17.5 Å². The van der Waals surface area contributed by atoms with E-state index in [0.717, 1.165) is 23.5 Å². The number of hydrogen-bond acceptors (Lipinski definition) is 3. The largest absolute Gasteiger partial charge is 0.396 e. The normalized spacial score (nSPS) is 10.2. The van der Waals surface area contributed by atoms with E-state index in [9.17, 15) is 0 Å². The average molecular weight is 241 g/mol. The van der Waals surface area contributed by atoms with Crippen molar-refractivity contribution in [3.63, 3.8) is 0 Å². The number of nitrogens with two attached hydrogens (primary N) is 1. The molecule has 3 N–H and O–H groups in total. The number of aliphatic hydroxyl groups is 1. The number of hydrogen-bond donors (Lipinski definition) is 2. The summed E-state index contributed by atoms with van der Waals surface area (Å²) < 4.78 is 0. The Morgan fingerprint density at radius 2 is 2.13 bits per heavy atom. The molecular weight excluding hydrogens is 226 g/mol. The van der Waals surface area contributed by atoms with Gasteiger partial charge in [0.1, 0.15) is 4.99 Å². The number of thioether (sulfide) groups is 1. The second kappa shape index (κ2) is 6.82. The molecule has 0 aliphatic carbocycles. The van der Waals surface area contributed by atoms with E-state index in [1.165, 1.54) is 5.56 Å². The fourth-order valence-corrected chi connectivity index (χ4v) is 2.38. The fourth-order valence-electron chi connectivity index (χ4n) is 1.24. The standard InChI is InChI=1S/C11H15NOS2/c12-11(14)10-5-2-1-4-9(10)8-15-7-3-6-13/h1-2,4-5,13H,3,6-8H2,(H2,12,14). The van der Waals surface area contributed by atoms with Gasteiger partial charge < -0.3 is 10.8 Å². The smallest absolute Gasteiger partial charge is 0.104 e. The van der Waals surface area contributed by atoms with Crippen molar-refractivity contribution >= 4 is 29.0 Å². The lowest BCUT2D eigenvalue weighted by Gasteiger charge is -2.07. The van der Waals surface area contributed by atoms with Crippen LogP contribution in [0, 0.1) is 0 Å². The van der Waals surface area contributed by atoms with Crippen molar-refractivity contribution in [1.82, 2.24) is 0 Å². The first kappa shape index (κ1) is 12.5. The van der Waals surface area contributed by atoms with Gasteiger partial charge in [0.15, 0.2) is 0 Å². The van der Waals surface area contributed by atoms with Crippen molar-refractivity contribution < 1.29 is 5.11 Å². The second-order valence-corrected chi connectivity index (χ2v) is 4.70. The van der Waals surface area contributed by atoms with Crippen molar-refractivity contribution in [3.05, 3.63) is 35.4 Å². The molecule has 1 aromatic rings. The number of aliphatic hydroxyl groups excluding tert-OH is 1. The lowest BCUT2D eigenvalue weighted by molar-refractivity contribution is 0.296. The van der Waals surface area contributed by atoms with E-state index < -0.39 is 0 Å². The highest BCUT2D eigenvalue weighted by Gasteiger charge is 2.03. The van der Waals surface area contributed by atoms with E-state index in [1.807, 2.05) is 24.3 Å². The van der Waals surface area contributed by atoms with Gasteiger partial charge in [-0.3, -0.25) is 0 Å². The molecule has 4 heteroatoms. The summed E-state index contributed by atoms with van der Waals surface area (Å²) >= 11 is 6.77.